The molecule has 0 saturated heterocycles. The van der Waals surface area contributed by atoms with Gasteiger partial charge in [0.05, 0.1) is 4.90 Å². The van der Waals surface area contributed by atoms with Crippen LogP contribution in [0.5, 0.6) is 0 Å². The van der Waals surface area contributed by atoms with Gasteiger partial charge in [-0.05, 0) is 37.0 Å². The molecule has 0 heterocycles. The van der Waals surface area contributed by atoms with E-state index in [4.69, 9.17) is 0 Å². The van der Waals surface area contributed by atoms with E-state index in [9.17, 15) is 18.0 Å². The molecule has 0 fully saturated rings. The molecule has 0 aliphatic carbocycles. The lowest BCUT2D eigenvalue weighted by Crippen LogP contribution is -2.42. The molecule has 0 aliphatic heterocycles. The second-order valence-electron chi connectivity index (χ2n) is 6.53. The van der Waals surface area contributed by atoms with Crippen LogP contribution in [0.25, 0.3) is 0 Å². The first-order valence-corrected chi connectivity index (χ1v) is 10.4. The lowest BCUT2D eigenvalue weighted by atomic mass is 10.1. The first-order valence-electron chi connectivity index (χ1n) is 8.91. The number of carbonyl (C=O) groups is 2. The Morgan fingerprint density at radius 2 is 1.69 bits per heavy atom. The number of carbonyl (C=O) groups excluding carboxylic acids is 2. The van der Waals surface area contributed by atoms with E-state index in [1.54, 1.807) is 0 Å². The number of nitrogens with zero attached hydrogens (tertiary/aromatic N) is 1. The van der Waals surface area contributed by atoms with Gasteiger partial charge < -0.3 is 0 Å². The summed E-state index contributed by atoms with van der Waals surface area (Å²) in [6.07, 6.45) is 1.71. The number of rotatable bonds is 9. The zero-order valence-corrected chi connectivity index (χ0v) is 16.7. The number of hydrogen-bond acceptors (Lipinski definition) is 4. The number of amides is 2. The maximum absolute atomic E-state index is 12.8. The zero-order chi connectivity index (χ0) is 19.7. The molecular weight excluding hydrogens is 354 g/mol. The molecule has 2 N–H and O–H groups in total. The van der Waals surface area contributed by atoms with Crippen LogP contribution in [-0.2, 0) is 14.8 Å². The third-order valence-corrected chi connectivity index (χ3v) is 5.48. The summed E-state index contributed by atoms with van der Waals surface area (Å²) in [5.41, 5.74) is 4.82. The fourth-order valence-corrected chi connectivity index (χ4v) is 4.09. The summed E-state index contributed by atoms with van der Waals surface area (Å²) in [5, 5.41) is 0. The third kappa shape index (κ3) is 6.42. The van der Waals surface area contributed by atoms with Crippen LogP contribution in [0, 0.1) is 5.92 Å². The average molecular weight is 384 g/mol. The molecule has 0 spiro atoms. The van der Waals surface area contributed by atoms with Crippen molar-refractivity contribution in [1.82, 2.24) is 15.2 Å². The molecule has 2 amide bonds. The molecule has 0 unspecified atom stereocenters. The van der Waals surface area contributed by atoms with Crippen LogP contribution < -0.4 is 10.9 Å². The van der Waals surface area contributed by atoms with Gasteiger partial charge in [-0.25, -0.2) is 8.42 Å². The van der Waals surface area contributed by atoms with Gasteiger partial charge >= 0.3 is 0 Å². The Labute approximate surface area is 156 Å². The van der Waals surface area contributed by atoms with E-state index in [0.29, 0.717) is 25.9 Å². The molecule has 0 bridgehead atoms. The molecule has 0 aliphatic rings. The van der Waals surface area contributed by atoms with Crippen molar-refractivity contribution in [2.24, 2.45) is 5.92 Å². The van der Waals surface area contributed by atoms with Gasteiger partial charge in [-0.15, -0.1) is 0 Å². The quantitative estimate of drug-likeness (QED) is 0.640. The van der Waals surface area contributed by atoms with Crippen LogP contribution in [0.3, 0.4) is 0 Å². The van der Waals surface area contributed by atoms with Crippen LogP contribution in [0.1, 0.15) is 57.3 Å². The van der Waals surface area contributed by atoms with Gasteiger partial charge in [0, 0.05) is 25.1 Å². The van der Waals surface area contributed by atoms with Crippen molar-refractivity contribution in [3.63, 3.8) is 0 Å². The molecule has 26 heavy (non-hydrogen) atoms. The lowest BCUT2D eigenvalue weighted by molar-refractivity contribution is -0.122. The Hall–Kier alpha value is -1.93. The molecule has 146 valence electrons. The van der Waals surface area contributed by atoms with E-state index in [0.717, 1.165) is 0 Å². The van der Waals surface area contributed by atoms with Crippen molar-refractivity contribution < 1.29 is 18.0 Å². The van der Waals surface area contributed by atoms with Gasteiger partial charge in [0.15, 0.2) is 0 Å². The molecule has 1 aromatic carbocycles. The minimum atomic E-state index is -3.66. The highest BCUT2D eigenvalue weighted by molar-refractivity contribution is 7.89. The predicted octanol–water partition coefficient (Wildman–Crippen LogP) is 2.30. The summed E-state index contributed by atoms with van der Waals surface area (Å²) in [6.45, 7) is 8.49. The fraction of sp³-hybridized carbons (Fsp3) is 0.556. The minimum Gasteiger partial charge on any atom is -0.273 e. The van der Waals surface area contributed by atoms with Gasteiger partial charge in [-0.2, -0.15) is 4.31 Å². The highest BCUT2D eigenvalue weighted by Gasteiger charge is 2.24. The average Bonchev–Trinajstić information content (AvgIpc) is 2.59. The second kappa shape index (κ2) is 10.3. The van der Waals surface area contributed by atoms with Crippen molar-refractivity contribution in [2.75, 3.05) is 13.1 Å². The van der Waals surface area contributed by atoms with Crippen molar-refractivity contribution >= 4 is 21.8 Å². The summed E-state index contributed by atoms with van der Waals surface area (Å²) in [4.78, 5) is 23.9. The van der Waals surface area contributed by atoms with Crippen LogP contribution in [0.15, 0.2) is 29.2 Å². The van der Waals surface area contributed by atoms with Crippen molar-refractivity contribution in [3.8, 4) is 0 Å². The Bertz CT molecular complexity index is 711. The van der Waals surface area contributed by atoms with Gasteiger partial charge in [0.1, 0.15) is 0 Å². The predicted molar refractivity (Wildman–Crippen MR) is 101 cm³/mol. The smallest absolute Gasteiger partial charge is 0.269 e. The van der Waals surface area contributed by atoms with Crippen molar-refractivity contribution in [3.05, 3.63) is 29.8 Å². The van der Waals surface area contributed by atoms with Gasteiger partial charge in [-0.1, -0.05) is 33.8 Å². The molecule has 0 radical (unpaired) electrons. The van der Waals surface area contributed by atoms with Crippen LogP contribution >= 0.6 is 0 Å². The topological polar surface area (TPSA) is 95.6 Å². The Morgan fingerprint density at radius 1 is 1.08 bits per heavy atom. The van der Waals surface area contributed by atoms with Crippen LogP contribution in [-0.4, -0.2) is 37.6 Å². The van der Waals surface area contributed by atoms with E-state index < -0.39 is 15.9 Å². The van der Waals surface area contributed by atoms with E-state index in [1.807, 2.05) is 27.7 Å². The van der Waals surface area contributed by atoms with E-state index in [-0.39, 0.29) is 28.7 Å². The molecule has 1 rings (SSSR count). The molecule has 0 atom stereocenters. The van der Waals surface area contributed by atoms with Gasteiger partial charge in [0.25, 0.3) is 5.91 Å². The molecule has 7 nitrogen and oxygen atoms in total. The first-order chi connectivity index (χ1) is 12.2. The molecule has 8 heteroatoms. The van der Waals surface area contributed by atoms with Gasteiger partial charge in [-0.3, -0.25) is 20.4 Å². The van der Waals surface area contributed by atoms with Crippen LogP contribution in [0.4, 0.5) is 0 Å². The largest absolute Gasteiger partial charge is 0.273 e. The van der Waals surface area contributed by atoms with Crippen molar-refractivity contribution in [1.29, 1.82) is 0 Å². The molecule has 0 aromatic heterocycles. The molecule has 1 aromatic rings. The highest BCUT2D eigenvalue weighted by atomic mass is 32.2. The Balaban J connectivity index is 2.92. The number of benzene rings is 1. The van der Waals surface area contributed by atoms with Crippen LogP contribution in [0.2, 0.25) is 0 Å². The third-order valence-electron chi connectivity index (χ3n) is 3.59. The SMILES string of the molecule is CCCN(CCC)S(=O)(=O)c1cccc(C(=O)NNC(=O)CC(C)C)c1. The fourth-order valence-electron chi connectivity index (χ4n) is 2.42. The van der Waals surface area contributed by atoms with Gasteiger partial charge in [0.2, 0.25) is 15.9 Å². The lowest BCUT2D eigenvalue weighted by Gasteiger charge is -2.21. The van der Waals surface area contributed by atoms with E-state index in [2.05, 4.69) is 10.9 Å². The zero-order valence-electron chi connectivity index (χ0n) is 15.9. The summed E-state index contributed by atoms with van der Waals surface area (Å²) in [5.74, 6) is -0.686. The monoisotopic (exact) mass is 383 g/mol. The summed E-state index contributed by atoms with van der Waals surface area (Å²) in [7, 11) is -3.66. The van der Waals surface area contributed by atoms with E-state index >= 15 is 0 Å². The number of hydrogen-bond donors (Lipinski definition) is 2. The molecular formula is C18H29N3O4S. The highest BCUT2D eigenvalue weighted by Crippen LogP contribution is 2.18. The maximum atomic E-state index is 12.8. The van der Waals surface area contributed by atoms with E-state index in [1.165, 1.54) is 28.6 Å². The van der Waals surface area contributed by atoms with Crippen molar-refractivity contribution in [2.45, 2.75) is 51.9 Å². The Kier molecular flexibility index (Phi) is 8.74. The number of sulfonamides is 1. The number of hydrazine groups is 1. The summed E-state index contributed by atoms with van der Waals surface area (Å²) < 4.78 is 27.0. The second-order valence-corrected chi connectivity index (χ2v) is 8.47. The first kappa shape index (κ1) is 22.1. The summed E-state index contributed by atoms with van der Waals surface area (Å²) in [6, 6.07) is 5.83. The Morgan fingerprint density at radius 3 is 2.23 bits per heavy atom. The number of nitrogens with one attached hydrogen (secondary N) is 2. The summed E-state index contributed by atoms with van der Waals surface area (Å²) >= 11 is 0. The molecule has 0 saturated carbocycles. The normalized spacial score (nSPS) is 11.6. The minimum absolute atomic E-state index is 0.0700. The maximum Gasteiger partial charge on any atom is 0.269 e. The standard InChI is InChI=1S/C18H29N3O4S/c1-5-10-21(11-6-2)26(24,25)16-9-7-8-15(13-16)18(23)20-19-17(22)12-14(3)4/h7-9,13-14H,5-6,10-12H2,1-4H3,(H,19,22)(H,20,23).